The number of para-hydroxylation sites is 1. The van der Waals surface area contributed by atoms with E-state index in [1.54, 1.807) is 54.3 Å². The largest absolute Gasteiger partial charge is 0.462 e. The molecule has 1 aliphatic rings. The number of urea groups is 2. The maximum absolute atomic E-state index is 13.1. The number of allylic oxidation sites excluding steroid dienone is 1. The number of hydrogen-bond donors (Lipinski definition) is 3. The van der Waals surface area contributed by atoms with E-state index < -0.39 is 18.0 Å². The lowest BCUT2D eigenvalue weighted by molar-refractivity contribution is -0.140. The van der Waals surface area contributed by atoms with Gasteiger partial charge in [-0.15, -0.1) is 0 Å². The van der Waals surface area contributed by atoms with Gasteiger partial charge in [-0.3, -0.25) is 4.90 Å². The van der Waals surface area contributed by atoms with Crippen LogP contribution in [0.3, 0.4) is 0 Å². The molecule has 2 aromatic rings. The van der Waals surface area contributed by atoms with Crippen LogP contribution < -0.4 is 16.0 Å². The molecule has 0 saturated carbocycles. The molecule has 3 rings (SSSR count). The summed E-state index contributed by atoms with van der Waals surface area (Å²) >= 11 is 12.3. The van der Waals surface area contributed by atoms with E-state index in [1.165, 1.54) is 0 Å². The fraction of sp³-hybridized carbons (Fsp3) is 0.346. The molecule has 0 fully saturated rings. The number of nitrogens with one attached hydrogen (secondary N) is 3. The highest BCUT2D eigenvalue weighted by Crippen LogP contribution is 2.33. The molecule has 0 bridgehead atoms. The van der Waals surface area contributed by atoms with Crippen LogP contribution in [0.25, 0.3) is 0 Å². The number of anilines is 2. The predicted octanol–water partition coefficient (Wildman–Crippen LogP) is 6.59. The molecule has 36 heavy (non-hydrogen) atoms. The third kappa shape index (κ3) is 6.50. The van der Waals surface area contributed by atoms with Crippen molar-refractivity contribution in [1.29, 1.82) is 0 Å². The molecule has 0 aliphatic carbocycles. The van der Waals surface area contributed by atoms with Crippen LogP contribution >= 0.6 is 23.2 Å². The first-order chi connectivity index (χ1) is 17.1. The SMILES string of the molecule is CCCN1C(=O)N[C@H](c2cccc(NC(=O)Nc3c(Cl)cccc3Cl)c2)C(C(=O)OCC(C)C)=C1C. The Kier molecular flexibility index (Phi) is 9.23. The van der Waals surface area contributed by atoms with Gasteiger partial charge in [0.05, 0.1) is 34.0 Å². The number of rotatable bonds is 8. The van der Waals surface area contributed by atoms with Gasteiger partial charge < -0.3 is 20.7 Å². The van der Waals surface area contributed by atoms with Gasteiger partial charge in [-0.25, -0.2) is 14.4 Å². The van der Waals surface area contributed by atoms with Crippen molar-refractivity contribution in [3.05, 3.63) is 69.3 Å². The Balaban J connectivity index is 1.88. The molecule has 1 heterocycles. The van der Waals surface area contributed by atoms with E-state index in [9.17, 15) is 14.4 Å². The second-order valence-corrected chi connectivity index (χ2v) is 9.64. The van der Waals surface area contributed by atoms with Crippen LogP contribution in [0, 0.1) is 5.92 Å². The Morgan fingerprint density at radius 1 is 1.11 bits per heavy atom. The highest BCUT2D eigenvalue weighted by molar-refractivity contribution is 6.39. The van der Waals surface area contributed by atoms with Crippen molar-refractivity contribution in [2.45, 2.75) is 40.2 Å². The van der Waals surface area contributed by atoms with Crippen LogP contribution in [-0.4, -0.2) is 36.1 Å². The average molecular weight is 533 g/mol. The van der Waals surface area contributed by atoms with Gasteiger partial charge in [0.1, 0.15) is 0 Å². The molecule has 0 unspecified atom stereocenters. The minimum Gasteiger partial charge on any atom is -0.462 e. The Hall–Kier alpha value is -3.23. The smallest absolute Gasteiger partial charge is 0.338 e. The van der Waals surface area contributed by atoms with Gasteiger partial charge >= 0.3 is 18.0 Å². The van der Waals surface area contributed by atoms with E-state index in [0.29, 0.717) is 44.8 Å². The fourth-order valence-corrected chi connectivity index (χ4v) is 4.29. The monoisotopic (exact) mass is 532 g/mol. The molecule has 8 nitrogen and oxygen atoms in total. The number of carbonyl (C=O) groups is 3. The molecule has 1 aliphatic heterocycles. The first-order valence-electron chi connectivity index (χ1n) is 11.7. The summed E-state index contributed by atoms with van der Waals surface area (Å²) in [7, 11) is 0. The molecule has 1 atom stereocenters. The lowest BCUT2D eigenvalue weighted by Crippen LogP contribution is -2.48. The van der Waals surface area contributed by atoms with Crippen LogP contribution in [0.4, 0.5) is 21.0 Å². The number of halogens is 2. The molecule has 0 aromatic heterocycles. The second-order valence-electron chi connectivity index (χ2n) is 8.83. The van der Waals surface area contributed by atoms with Crippen LogP contribution in [0.2, 0.25) is 10.0 Å². The molecular weight excluding hydrogens is 503 g/mol. The minimum atomic E-state index is -0.743. The van der Waals surface area contributed by atoms with Crippen molar-refractivity contribution in [1.82, 2.24) is 10.2 Å². The molecule has 0 radical (unpaired) electrons. The summed E-state index contributed by atoms with van der Waals surface area (Å²) in [4.78, 5) is 40.1. The molecular formula is C26H30Cl2N4O4. The molecule has 4 amide bonds. The van der Waals surface area contributed by atoms with Crippen molar-refractivity contribution in [3.8, 4) is 0 Å². The maximum atomic E-state index is 13.1. The van der Waals surface area contributed by atoms with Crippen molar-refractivity contribution in [2.24, 2.45) is 5.92 Å². The molecule has 3 N–H and O–H groups in total. The number of esters is 1. The topological polar surface area (TPSA) is 99.8 Å². The van der Waals surface area contributed by atoms with Gasteiger partial charge in [0.15, 0.2) is 0 Å². The van der Waals surface area contributed by atoms with E-state index in [1.807, 2.05) is 20.8 Å². The Morgan fingerprint density at radius 3 is 2.42 bits per heavy atom. The summed E-state index contributed by atoms with van der Waals surface area (Å²) < 4.78 is 5.53. The summed E-state index contributed by atoms with van der Waals surface area (Å²) in [5, 5.41) is 8.90. The van der Waals surface area contributed by atoms with Crippen molar-refractivity contribution in [3.63, 3.8) is 0 Å². The zero-order chi connectivity index (χ0) is 26.4. The van der Waals surface area contributed by atoms with Gasteiger partial charge in [-0.1, -0.05) is 62.2 Å². The Morgan fingerprint density at radius 2 is 1.78 bits per heavy atom. The standard InChI is InChI=1S/C26H30Cl2N4O4/c1-5-12-32-16(4)21(24(33)36-14-15(2)3)22(31-26(32)35)17-8-6-9-18(13-17)29-25(34)30-23-19(27)10-7-11-20(23)28/h6-11,13,15,22H,5,12,14H2,1-4H3,(H,31,35)(H2,29,30,34)/t22-/m1/s1. The van der Waals surface area contributed by atoms with E-state index in [-0.39, 0.29) is 18.6 Å². The minimum absolute atomic E-state index is 0.163. The number of hydrogen-bond acceptors (Lipinski definition) is 4. The lowest BCUT2D eigenvalue weighted by atomic mass is 9.94. The number of amides is 4. The summed E-state index contributed by atoms with van der Waals surface area (Å²) in [6, 6.07) is 10.2. The third-order valence-electron chi connectivity index (χ3n) is 5.49. The summed E-state index contributed by atoms with van der Waals surface area (Å²) in [6.07, 6.45) is 0.730. The quantitative estimate of drug-likeness (QED) is 0.334. The van der Waals surface area contributed by atoms with Crippen LogP contribution in [0.15, 0.2) is 53.7 Å². The number of benzene rings is 2. The molecule has 10 heteroatoms. The highest BCUT2D eigenvalue weighted by atomic mass is 35.5. The fourth-order valence-electron chi connectivity index (χ4n) is 3.80. The first kappa shape index (κ1) is 27.4. The van der Waals surface area contributed by atoms with Gasteiger partial charge in [0.2, 0.25) is 0 Å². The number of nitrogens with zero attached hydrogens (tertiary/aromatic N) is 1. The van der Waals surface area contributed by atoms with Gasteiger partial charge in [0.25, 0.3) is 0 Å². The van der Waals surface area contributed by atoms with Crippen LogP contribution in [0.5, 0.6) is 0 Å². The second kappa shape index (κ2) is 12.1. The van der Waals surface area contributed by atoms with Gasteiger partial charge in [-0.05, 0) is 49.1 Å². The number of ether oxygens (including phenoxy) is 1. The molecule has 0 saturated heterocycles. The van der Waals surface area contributed by atoms with Crippen LogP contribution in [-0.2, 0) is 9.53 Å². The normalized spacial score (nSPS) is 15.6. The Labute approximate surface area is 221 Å². The van der Waals surface area contributed by atoms with Gasteiger partial charge in [0, 0.05) is 17.9 Å². The van der Waals surface area contributed by atoms with E-state index in [2.05, 4.69) is 16.0 Å². The van der Waals surface area contributed by atoms with E-state index in [0.717, 1.165) is 6.42 Å². The zero-order valence-corrected chi connectivity index (χ0v) is 22.2. The Bertz CT molecular complexity index is 1160. The summed E-state index contributed by atoms with van der Waals surface area (Å²) in [6.45, 7) is 8.34. The predicted molar refractivity (Wildman–Crippen MR) is 142 cm³/mol. The third-order valence-corrected chi connectivity index (χ3v) is 6.12. The van der Waals surface area contributed by atoms with Gasteiger partial charge in [-0.2, -0.15) is 0 Å². The van der Waals surface area contributed by atoms with Crippen LogP contribution in [0.1, 0.15) is 45.7 Å². The summed E-state index contributed by atoms with van der Waals surface area (Å²) in [5.41, 5.74) is 2.26. The highest BCUT2D eigenvalue weighted by Gasteiger charge is 2.36. The van der Waals surface area contributed by atoms with Crippen molar-refractivity contribution in [2.75, 3.05) is 23.8 Å². The van der Waals surface area contributed by atoms with E-state index in [4.69, 9.17) is 27.9 Å². The maximum Gasteiger partial charge on any atom is 0.338 e. The molecule has 0 spiro atoms. The zero-order valence-electron chi connectivity index (χ0n) is 20.7. The average Bonchev–Trinajstić information content (AvgIpc) is 2.82. The summed E-state index contributed by atoms with van der Waals surface area (Å²) in [5.74, 6) is -0.326. The number of carbonyl (C=O) groups excluding carboxylic acids is 3. The molecule has 192 valence electrons. The molecule has 2 aromatic carbocycles. The van der Waals surface area contributed by atoms with Crippen molar-refractivity contribution >= 4 is 52.6 Å². The van der Waals surface area contributed by atoms with Crippen molar-refractivity contribution < 1.29 is 19.1 Å². The first-order valence-corrected chi connectivity index (χ1v) is 12.5. The lowest BCUT2D eigenvalue weighted by Gasteiger charge is -2.35. The van der Waals surface area contributed by atoms with E-state index >= 15 is 0 Å².